The van der Waals surface area contributed by atoms with Crippen molar-refractivity contribution < 1.29 is 9.47 Å². The van der Waals surface area contributed by atoms with Gasteiger partial charge in [0.2, 0.25) is 0 Å². The van der Waals surface area contributed by atoms with E-state index in [-0.39, 0.29) is 0 Å². The number of fused-ring (bicyclic) bond motifs is 1. The van der Waals surface area contributed by atoms with Crippen molar-refractivity contribution in [3.05, 3.63) is 53.6 Å². The van der Waals surface area contributed by atoms with Crippen molar-refractivity contribution >= 4 is 30.4 Å². The Hall–Kier alpha value is -1.89. The summed E-state index contributed by atoms with van der Waals surface area (Å²) in [6.45, 7) is 8.69. The van der Waals surface area contributed by atoms with Gasteiger partial charge in [-0.3, -0.25) is 0 Å². The van der Waals surface area contributed by atoms with Crippen molar-refractivity contribution in [3.8, 4) is 5.75 Å². The van der Waals surface area contributed by atoms with Gasteiger partial charge in [0.05, 0.1) is 5.69 Å². The molecule has 0 N–H and O–H groups in total. The Morgan fingerprint density at radius 2 is 1.96 bits per heavy atom. The van der Waals surface area contributed by atoms with Crippen LogP contribution in [0.5, 0.6) is 5.75 Å². The van der Waals surface area contributed by atoms with E-state index in [1.165, 1.54) is 0 Å². The maximum atomic E-state index is 6.10. The molecule has 0 aliphatic rings. The largest absolute Gasteiger partial charge is 0.487 e. The van der Waals surface area contributed by atoms with Crippen LogP contribution >= 0.6 is 11.6 Å². The fraction of sp³-hybridized carbons (Fsp3) is 0.368. The highest BCUT2D eigenvalue weighted by Crippen LogP contribution is 2.25. The van der Waals surface area contributed by atoms with Gasteiger partial charge in [-0.2, -0.15) is 5.10 Å². The van der Waals surface area contributed by atoms with E-state index in [1.54, 1.807) is 12.4 Å². The Labute approximate surface area is 159 Å². The molecule has 5 nitrogen and oxygen atoms in total. The third-order valence-electron chi connectivity index (χ3n) is 4.09. The molecule has 0 atom stereocenters. The molecule has 3 aromatic rings. The SMILES string of the molecule is C[Si](C)(C)CCOCn1nccc1COc1ccc2c(Cl)nccc2c1. The summed E-state index contributed by atoms with van der Waals surface area (Å²) in [5.74, 6) is 0.784. The van der Waals surface area contributed by atoms with Crippen LogP contribution in [0.4, 0.5) is 0 Å². The van der Waals surface area contributed by atoms with E-state index >= 15 is 0 Å². The number of halogens is 1. The minimum absolute atomic E-state index is 0.432. The lowest BCUT2D eigenvalue weighted by atomic mass is 10.2. The van der Waals surface area contributed by atoms with Crippen LogP contribution in [0.3, 0.4) is 0 Å². The predicted molar refractivity (Wildman–Crippen MR) is 107 cm³/mol. The maximum absolute atomic E-state index is 6.10. The van der Waals surface area contributed by atoms with Crippen molar-refractivity contribution in [2.24, 2.45) is 0 Å². The number of benzene rings is 1. The molecule has 0 aliphatic carbocycles. The third kappa shape index (κ3) is 5.06. The zero-order valence-corrected chi connectivity index (χ0v) is 17.2. The molecule has 2 aromatic heterocycles. The Bertz CT molecular complexity index is 877. The first-order chi connectivity index (χ1) is 12.4. The zero-order chi connectivity index (χ0) is 18.6. The van der Waals surface area contributed by atoms with Gasteiger partial charge in [0.25, 0.3) is 0 Å². The second-order valence-electron chi connectivity index (χ2n) is 7.44. The van der Waals surface area contributed by atoms with E-state index in [2.05, 4.69) is 29.7 Å². The molecule has 26 heavy (non-hydrogen) atoms. The van der Waals surface area contributed by atoms with Crippen LogP contribution < -0.4 is 4.74 Å². The zero-order valence-electron chi connectivity index (χ0n) is 15.4. The van der Waals surface area contributed by atoms with Gasteiger partial charge in [0.15, 0.2) is 0 Å². The van der Waals surface area contributed by atoms with Crippen LogP contribution in [0.2, 0.25) is 30.8 Å². The van der Waals surface area contributed by atoms with Gasteiger partial charge >= 0.3 is 0 Å². The van der Waals surface area contributed by atoms with E-state index < -0.39 is 8.07 Å². The molecule has 3 rings (SSSR count). The number of nitrogens with zero attached hydrogens (tertiary/aromatic N) is 3. The summed E-state index contributed by atoms with van der Waals surface area (Å²) in [5, 5.41) is 6.75. The van der Waals surface area contributed by atoms with Gasteiger partial charge in [0, 0.05) is 32.5 Å². The normalized spacial score (nSPS) is 11.8. The van der Waals surface area contributed by atoms with Crippen LogP contribution in [0, 0.1) is 0 Å². The lowest BCUT2D eigenvalue weighted by Crippen LogP contribution is -2.22. The van der Waals surface area contributed by atoms with Gasteiger partial charge in [-0.1, -0.05) is 31.2 Å². The highest BCUT2D eigenvalue weighted by Gasteiger charge is 2.12. The number of pyridine rings is 1. The molecule has 0 spiro atoms. The van der Waals surface area contributed by atoms with Crippen LogP contribution in [-0.2, 0) is 18.1 Å². The lowest BCUT2D eigenvalue weighted by molar-refractivity contribution is 0.0739. The summed E-state index contributed by atoms with van der Waals surface area (Å²) in [6.07, 6.45) is 3.47. The molecular weight excluding hydrogens is 366 g/mol. The number of aromatic nitrogens is 3. The summed E-state index contributed by atoms with van der Waals surface area (Å²) < 4.78 is 13.5. The summed E-state index contributed by atoms with van der Waals surface area (Å²) in [7, 11) is -1.07. The van der Waals surface area contributed by atoms with E-state index in [0.29, 0.717) is 18.5 Å². The van der Waals surface area contributed by atoms with Crippen LogP contribution in [-0.4, -0.2) is 29.4 Å². The average molecular weight is 390 g/mol. The molecule has 0 unspecified atom stereocenters. The first kappa shape index (κ1) is 18.9. The Morgan fingerprint density at radius 3 is 2.77 bits per heavy atom. The van der Waals surface area contributed by atoms with Crippen molar-refractivity contribution in [2.75, 3.05) is 6.61 Å². The second-order valence-corrected chi connectivity index (χ2v) is 13.4. The fourth-order valence-electron chi connectivity index (χ4n) is 2.49. The number of ether oxygens (including phenoxy) is 2. The summed E-state index contributed by atoms with van der Waals surface area (Å²) in [6, 6.07) is 10.8. The first-order valence-corrected chi connectivity index (χ1v) is 12.8. The monoisotopic (exact) mass is 389 g/mol. The minimum atomic E-state index is -1.07. The molecule has 0 aliphatic heterocycles. The smallest absolute Gasteiger partial charge is 0.139 e. The summed E-state index contributed by atoms with van der Waals surface area (Å²) in [4.78, 5) is 4.09. The molecular formula is C19H24ClN3O2Si. The molecule has 0 fully saturated rings. The molecule has 2 heterocycles. The Morgan fingerprint density at radius 1 is 1.12 bits per heavy atom. The van der Waals surface area contributed by atoms with Crippen molar-refractivity contribution in [2.45, 2.75) is 39.0 Å². The van der Waals surface area contributed by atoms with Crippen LogP contribution in [0.25, 0.3) is 10.8 Å². The Balaban J connectivity index is 1.58. The number of rotatable bonds is 8. The van der Waals surface area contributed by atoms with Crippen molar-refractivity contribution in [3.63, 3.8) is 0 Å². The molecule has 0 amide bonds. The predicted octanol–water partition coefficient (Wildman–Crippen LogP) is 4.98. The highest BCUT2D eigenvalue weighted by atomic mass is 35.5. The molecule has 0 radical (unpaired) electrons. The molecule has 0 saturated heterocycles. The van der Waals surface area contributed by atoms with Crippen molar-refractivity contribution in [1.29, 1.82) is 0 Å². The first-order valence-electron chi connectivity index (χ1n) is 8.68. The third-order valence-corrected chi connectivity index (χ3v) is 6.09. The van der Waals surface area contributed by atoms with Gasteiger partial charge < -0.3 is 9.47 Å². The summed E-state index contributed by atoms with van der Waals surface area (Å²) in [5.41, 5.74) is 0.978. The molecule has 138 valence electrons. The number of hydrogen-bond acceptors (Lipinski definition) is 4. The lowest BCUT2D eigenvalue weighted by Gasteiger charge is -2.16. The summed E-state index contributed by atoms with van der Waals surface area (Å²) >= 11 is 6.10. The molecule has 7 heteroatoms. The average Bonchev–Trinajstić information content (AvgIpc) is 3.03. The molecule has 0 bridgehead atoms. The van der Waals surface area contributed by atoms with Gasteiger partial charge in [0.1, 0.15) is 24.2 Å². The number of hydrogen-bond donors (Lipinski definition) is 0. The van der Waals surface area contributed by atoms with E-state index in [0.717, 1.165) is 34.9 Å². The highest BCUT2D eigenvalue weighted by molar-refractivity contribution is 6.76. The quantitative estimate of drug-likeness (QED) is 0.310. The molecule has 0 saturated carbocycles. The van der Waals surface area contributed by atoms with Gasteiger partial charge in [-0.15, -0.1) is 0 Å². The van der Waals surface area contributed by atoms with Crippen LogP contribution in [0.15, 0.2) is 42.7 Å². The minimum Gasteiger partial charge on any atom is -0.487 e. The van der Waals surface area contributed by atoms with E-state index in [1.807, 2.05) is 35.0 Å². The standard InChI is InChI=1S/C19H24ClN3O2Si/c1-26(2,3)11-10-24-14-23-16(7-9-22-23)13-25-17-4-5-18-15(12-17)6-8-21-19(18)20/h4-9,12H,10-11,13-14H2,1-3H3. The fourth-order valence-corrected chi connectivity index (χ4v) is 3.48. The molecule has 1 aromatic carbocycles. The second kappa shape index (κ2) is 8.20. The Kier molecular flexibility index (Phi) is 5.96. The maximum Gasteiger partial charge on any atom is 0.139 e. The van der Waals surface area contributed by atoms with Gasteiger partial charge in [-0.25, -0.2) is 9.67 Å². The van der Waals surface area contributed by atoms with Crippen molar-refractivity contribution in [1.82, 2.24) is 14.8 Å². The van der Waals surface area contributed by atoms with E-state index in [4.69, 9.17) is 21.1 Å². The topological polar surface area (TPSA) is 49.2 Å². The van der Waals surface area contributed by atoms with Gasteiger partial charge in [-0.05, 0) is 41.8 Å². The van der Waals surface area contributed by atoms with Crippen LogP contribution in [0.1, 0.15) is 5.69 Å². The van der Waals surface area contributed by atoms with E-state index in [9.17, 15) is 0 Å².